The third-order valence-electron chi connectivity index (χ3n) is 6.53. The molecule has 1 rings (SSSR count). The van der Waals surface area contributed by atoms with Gasteiger partial charge in [0.15, 0.2) is 0 Å². The first-order chi connectivity index (χ1) is 15.4. The summed E-state index contributed by atoms with van der Waals surface area (Å²) in [6.07, 6.45) is 27.2. The molecule has 0 aromatic carbocycles. The molecule has 1 fully saturated rings. The lowest BCUT2D eigenvalue weighted by Gasteiger charge is -2.20. The van der Waals surface area contributed by atoms with Crippen LogP contribution >= 0.6 is 19.6 Å². The number of hydrogen-bond donors (Lipinski definition) is 4. The summed E-state index contributed by atoms with van der Waals surface area (Å²) in [7, 11) is -4.64. The zero-order valence-corrected chi connectivity index (χ0v) is 22.5. The maximum absolute atomic E-state index is 9.61. The zero-order chi connectivity index (χ0) is 23.9. The van der Waals surface area contributed by atoms with Crippen molar-refractivity contribution in [3.05, 3.63) is 0 Å². The molecule has 1 saturated carbocycles. The van der Waals surface area contributed by atoms with Gasteiger partial charge in [0.05, 0.1) is 0 Å². The Hall–Kier alpha value is 0.420. The number of unbranched alkanes of at least 4 members (excludes halogenated alkanes) is 14. The molecule has 32 heavy (non-hydrogen) atoms. The Kier molecular flexibility index (Phi) is 23.5. The van der Waals surface area contributed by atoms with E-state index >= 15 is 0 Å². The maximum Gasteiger partial charge on any atom is 0.466 e. The van der Waals surface area contributed by atoms with E-state index in [4.69, 9.17) is 19.2 Å². The Morgan fingerprint density at radius 1 is 0.750 bits per heavy atom. The molecule has 4 N–H and O–H groups in total. The summed E-state index contributed by atoms with van der Waals surface area (Å²) in [5.74, 6) is 3.90. The minimum atomic E-state index is -4.64. The molecule has 0 heterocycles. The van der Waals surface area contributed by atoms with Crippen LogP contribution in [0.15, 0.2) is 0 Å². The third-order valence-corrected chi connectivity index (χ3v) is 7.77. The third kappa shape index (κ3) is 25.1. The number of thioether (sulfide) groups is 1. The van der Waals surface area contributed by atoms with Crippen LogP contribution in [0.1, 0.15) is 129 Å². The van der Waals surface area contributed by atoms with Crippen molar-refractivity contribution in [2.24, 2.45) is 11.8 Å². The van der Waals surface area contributed by atoms with Gasteiger partial charge >= 0.3 is 7.82 Å². The number of hydrogen-bond acceptors (Lipinski definition) is 3. The minimum Gasteiger partial charge on any atom is -0.396 e. The fourth-order valence-electron chi connectivity index (χ4n) is 4.58. The van der Waals surface area contributed by atoms with Gasteiger partial charge in [-0.1, -0.05) is 122 Å². The largest absolute Gasteiger partial charge is 0.466 e. The number of phosphoric acid groups is 1. The lowest BCUT2D eigenvalue weighted by Crippen LogP contribution is -2.18. The van der Waals surface area contributed by atoms with E-state index in [2.05, 4.69) is 18.7 Å². The highest BCUT2D eigenvalue weighted by Gasteiger charge is 2.24. The summed E-state index contributed by atoms with van der Waals surface area (Å²) < 4.78 is 8.88. The Labute approximate surface area is 202 Å². The molecule has 1 atom stereocenters. The van der Waals surface area contributed by atoms with E-state index in [0.717, 1.165) is 5.92 Å². The molecule has 0 aromatic rings. The number of aliphatic hydroxyl groups excluding tert-OH is 1. The van der Waals surface area contributed by atoms with E-state index < -0.39 is 7.82 Å². The molecule has 0 amide bonds. The fraction of sp³-hybridized carbons (Fsp3) is 1.00. The van der Waals surface area contributed by atoms with Crippen molar-refractivity contribution in [2.75, 3.05) is 18.1 Å². The Bertz CT molecular complexity index is 418. The molecule has 0 saturated heterocycles. The second-order valence-corrected chi connectivity index (χ2v) is 11.7. The predicted octanol–water partition coefficient (Wildman–Crippen LogP) is 7.46. The van der Waals surface area contributed by atoms with Crippen LogP contribution in [0.4, 0.5) is 0 Å². The highest BCUT2D eigenvalue weighted by Crippen LogP contribution is 2.33. The van der Waals surface area contributed by atoms with Crippen LogP contribution in [0.25, 0.3) is 0 Å². The van der Waals surface area contributed by atoms with Crippen molar-refractivity contribution < 1.29 is 24.4 Å². The van der Waals surface area contributed by atoms with Gasteiger partial charge in [-0.3, -0.25) is 0 Å². The van der Waals surface area contributed by atoms with E-state index in [1.165, 1.54) is 134 Å². The first kappa shape index (κ1) is 32.4. The van der Waals surface area contributed by atoms with E-state index in [9.17, 15) is 5.11 Å². The molecule has 0 radical (unpaired) electrons. The van der Waals surface area contributed by atoms with Gasteiger partial charge in [0, 0.05) is 6.61 Å². The van der Waals surface area contributed by atoms with Gasteiger partial charge in [0.25, 0.3) is 0 Å². The summed E-state index contributed by atoms with van der Waals surface area (Å²) in [4.78, 5) is 21.6. The molecule has 7 heteroatoms. The van der Waals surface area contributed by atoms with Crippen LogP contribution in [0, 0.1) is 11.8 Å². The van der Waals surface area contributed by atoms with E-state index in [-0.39, 0.29) is 0 Å². The lowest BCUT2D eigenvalue weighted by molar-refractivity contribution is 0.193. The molecule has 0 bridgehead atoms. The summed E-state index contributed by atoms with van der Waals surface area (Å²) in [5, 5.41) is 9.61. The van der Waals surface area contributed by atoms with Gasteiger partial charge in [-0.2, -0.15) is 11.8 Å². The van der Waals surface area contributed by atoms with Crippen molar-refractivity contribution >= 4 is 19.6 Å². The predicted molar refractivity (Wildman–Crippen MR) is 139 cm³/mol. The van der Waals surface area contributed by atoms with Crippen molar-refractivity contribution in [2.45, 2.75) is 129 Å². The Morgan fingerprint density at radius 3 is 1.50 bits per heavy atom. The molecule has 0 spiro atoms. The van der Waals surface area contributed by atoms with Crippen molar-refractivity contribution in [3.63, 3.8) is 0 Å². The van der Waals surface area contributed by atoms with Gasteiger partial charge < -0.3 is 19.8 Å². The highest BCUT2D eigenvalue weighted by molar-refractivity contribution is 7.99. The molecule has 194 valence electrons. The smallest absolute Gasteiger partial charge is 0.396 e. The van der Waals surface area contributed by atoms with Gasteiger partial charge in [0.2, 0.25) is 0 Å². The lowest BCUT2D eigenvalue weighted by atomic mass is 9.93. The van der Waals surface area contributed by atoms with Crippen LogP contribution < -0.4 is 0 Å². The zero-order valence-electron chi connectivity index (χ0n) is 20.8. The SMILES string of the molecule is CCCCCCCCCCCCCCCCCSCC(CO)C1CCCC1.O=P(O)(O)O. The van der Waals surface area contributed by atoms with Gasteiger partial charge in [-0.05, 0) is 29.8 Å². The first-order valence-electron chi connectivity index (χ1n) is 13.3. The normalized spacial score (nSPS) is 15.5. The van der Waals surface area contributed by atoms with E-state index in [1.54, 1.807) is 0 Å². The number of rotatable bonds is 20. The second-order valence-electron chi connectivity index (χ2n) is 9.53. The van der Waals surface area contributed by atoms with Crippen LogP contribution in [-0.2, 0) is 4.57 Å². The molecular weight excluding hydrogens is 443 g/mol. The highest BCUT2D eigenvalue weighted by atomic mass is 32.2. The van der Waals surface area contributed by atoms with Gasteiger partial charge in [-0.15, -0.1) is 0 Å². The first-order valence-corrected chi connectivity index (χ1v) is 16.1. The molecule has 0 aromatic heterocycles. The molecule has 1 aliphatic rings. The average Bonchev–Trinajstić information content (AvgIpc) is 3.26. The molecular formula is C25H53O5PS. The minimum absolute atomic E-state index is 0.413. The Morgan fingerprint density at radius 2 is 1.12 bits per heavy atom. The Balaban J connectivity index is 0.00000172. The average molecular weight is 497 g/mol. The molecule has 1 aliphatic carbocycles. The quantitative estimate of drug-likeness (QED) is 0.103. The monoisotopic (exact) mass is 496 g/mol. The summed E-state index contributed by atoms with van der Waals surface area (Å²) in [6.45, 7) is 2.71. The van der Waals surface area contributed by atoms with Crippen molar-refractivity contribution in [1.82, 2.24) is 0 Å². The van der Waals surface area contributed by atoms with Gasteiger partial charge in [-0.25, -0.2) is 4.57 Å². The summed E-state index contributed by atoms with van der Waals surface area (Å²) in [5.41, 5.74) is 0. The fourth-order valence-corrected chi connectivity index (χ4v) is 5.83. The van der Waals surface area contributed by atoms with Crippen molar-refractivity contribution in [1.29, 1.82) is 0 Å². The standard InChI is InChI=1S/C25H50OS.H3O4P/c1-2-3-4-5-6-7-8-9-10-11-12-13-14-15-18-21-27-23-25(22-26)24-19-16-17-20-24;1-5(2,3)4/h24-26H,2-23H2,1H3;(H3,1,2,3,4). The van der Waals surface area contributed by atoms with Crippen LogP contribution in [0.2, 0.25) is 0 Å². The molecule has 5 nitrogen and oxygen atoms in total. The molecule has 0 aliphatic heterocycles. The summed E-state index contributed by atoms with van der Waals surface area (Å²) in [6, 6.07) is 0. The van der Waals surface area contributed by atoms with Crippen LogP contribution in [0.5, 0.6) is 0 Å². The van der Waals surface area contributed by atoms with Gasteiger partial charge in [0.1, 0.15) is 0 Å². The topological polar surface area (TPSA) is 98.0 Å². The van der Waals surface area contributed by atoms with Crippen LogP contribution in [0.3, 0.4) is 0 Å². The second kappa shape index (κ2) is 23.2. The van der Waals surface area contributed by atoms with E-state index in [0.29, 0.717) is 12.5 Å². The summed E-state index contributed by atoms with van der Waals surface area (Å²) >= 11 is 2.10. The molecule has 1 unspecified atom stereocenters. The maximum atomic E-state index is 9.61. The number of aliphatic hydroxyl groups is 1. The van der Waals surface area contributed by atoms with Crippen molar-refractivity contribution in [3.8, 4) is 0 Å². The van der Waals surface area contributed by atoms with Crippen LogP contribution in [-0.4, -0.2) is 37.9 Å². The van der Waals surface area contributed by atoms with E-state index in [1.807, 2.05) is 0 Å².